The predicted molar refractivity (Wildman–Crippen MR) is 132 cm³/mol. The Balaban J connectivity index is 1.19. The Morgan fingerprint density at radius 1 is 1.00 bits per heavy atom. The van der Waals surface area contributed by atoms with Gasteiger partial charge in [0.1, 0.15) is 0 Å². The molecule has 0 bridgehead atoms. The van der Waals surface area contributed by atoms with E-state index in [1.54, 1.807) is 0 Å². The molecular formula is C23H15BrN4O2S2. The van der Waals surface area contributed by atoms with Crippen molar-refractivity contribution in [2.75, 3.05) is 11.1 Å². The Morgan fingerprint density at radius 3 is 2.62 bits per heavy atom. The minimum atomic E-state index is -0.183. The van der Waals surface area contributed by atoms with Crippen LogP contribution in [0.4, 0.5) is 5.13 Å². The van der Waals surface area contributed by atoms with Crippen molar-refractivity contribution in [3.05, 3.63) is 76.6 Å². The topological polar surface area (TPSA) is 80.9 Å². The van der Waals surface area contributed by atoms with E-state index in [1.165, 1.54) is 23.1 Å². The number of anilines is 1. The van der Waals surface area contributed by atoms with Gasteiger partial charge < -0.3 is 9.73 Å². The van der Waals surface area contributed by atoms with E-state index in [4.69, 9.17) is 4.42 Å². The van der Waals surface area contributed by atoms with Crippen LogP contribution in [-0.2, 0) is 4.79 Å². The largest absolute Gasteiger partial charge is 0.411 e. The molecule has 5 rings (SSSR count). The van der Waals surface area contributed by atoms with Gasteiger partial charge in [-0.25, -0.2) is 4.98 Å². The summed E-state index contributed by atoms with van der Waals surface area (Å²) in [5, 5.41) is 16.0. The molecule has 0 aliphatic heterocycles. The van der Waals surface area contributed by atoms with Gasteiger partial charge in [-0.05, 0) is 35.0 Å². The smallest absolute Gasteiger partial charge is 0.277 e. The molecule has 158 valence electrons. The van der Waals surface area contributed by atoms with Crippen LogP contribution in [0.15, 0.2) is 86.2 Å². The Bertz CT molecular complexity index is 1400. The van der Waals surface area contributed by atoms with Gasteiger partial charge in [-0.3, -0.25) is 4.79 Å². The minimum Gasteiger partial charge on any atom is -0.411 e. The summed E-state index contributed by atoms with van der Waals surface area (Å²) < 4.78 is 6.74. The first-order valence-electron chi connectivity index (χ1n) is 9.61. The van der Waals surface area contributed by atoms with Crippen molar-refractivity contribution >= 4 is 60.8 Å². The molecule has 0 fully saturated rings. The zero-order valence-electron chi connectivity index (χ0n) is 16.5. The molecule has 0 aliphatic carbocycles. The fourth-order valence-electron chi connectivity index (χ4n) is 3.07. The summed E-state index contributed by atoms with van der Waals surface area (Å²) in [7, 11) is 0. The number of thiazole rings is 1. The van der Waals surface area contributed by atoms with Crippen molar-refractivity contribution in [3.8, 4) is 22.7 Å². The molecule has 0 radical (unpaired) electrons. The molecule has 2 heterocycles. The van der Waals surface area contributed by atoms with Crippen molar-refractivity contribution in [1.82, 2.24) is 15.2 Å². The molecule has 32 heavy (non-hydrogen) atoms. The summed E-state index contributed by atoms with van der Waals surface area (Å²) in [6, 6.07) is 21.9. The zero-order chi connectivity index (χ0) is 21.9. The first-order chi connectivity index (χ1) is 15.6. The molecule has 0 atom stereocenters. The maximum absolute atomic E-state index is 12.3. The van der Waals surface area contributed by atoms with Gasteiger partial charge in [0.25, 0.3) is 5.22 Å². The van der Waals surface area contributed by atoms with Crippen molar-refractivity contribution in [2.45, 2.75) is 5.22 Å². The van der Waals surface area contributed by atoms with E-state index in [9.17, 15) is 4.79 Å². The number of amides is 1. The van der Waals surface area contributed by atoms with E-state index in [0.29, 0.717) is 16.2 Å². The molecule has 2 aromatic heterocycles. The van der Waals surface area contributed by atoms with Gasteiger partial charge >= 0.3 is 0 Å². The van der Waals surface area contributed by atoms with Gasteiger partial charge in [0.05, 0.1) is 11.4 Å². The van der Waals surface area contributed by atoms with Crippen molar-refractivity contribution in [1.29, 1.82) is 0 Å². The highest BCUT2D eigenvalue weighted by atomic mass is 79.9. The SMILES string of the molecule is O=C(CSc1nnc(-c2ccc3ccccc3c2)o1)Nc1nc(-c2ccc(Br)cc2)cs1. The van der Waals surface area contributed by atoms with Gasteiger partial charge in [-0.1, -0.05) is 70.2 Å². The molecular weight excluding hydrogens is 508 g/mol. The van der Waals surface area contributed by atoms with E-state index < -0.39 is 0 Å². The lowest BCUT2D eigenvalue weighted by Gasteiger charge is -2.00. The Hall–Kier alpha value is -3.01. The van der Waals surface area contributed by atoms with E-state index in [1.807, 2.05) is 66.0 Å². The number of halogens is 1. The van der Waals surface area contributed by atoms with Crippen LogP contribution in [0.25, 0.3) is 33.5 Å². The van der Waals surface area contributed by atoms with Gasteiger partial charge in [0.2, 0.25) is 11.8 Å². The van der Waals surface area contributed by atoms with Crippen molar-refractivity contribution < 1.29 is 9.21 Å². The summed E-state index contributed by atoms with van der Waals surface area (Å²) in [6.45, 7) is 0. The Kier molecular flexibility index (Phi) is 6.02. The average molecular weight is 523 g/mol. The average Bonchev–Trinajstić information content (AvgIpc) is 3.48. The highest BCUT2D eigenvalue weighted by molar-refractivity contribution is 9.10. The fourth-order valence-corrected chi connectivity index (χ4v) is 4.64. The molecule has 1 amide bonds. The summed E-state index contributed by atoms with van der Waals surface area (Å²) in [5.74, 6) is 0.391. The molecule has 0 aliphatic rings. The van der Waals surface area contributed by atoms with Gasteiger partial charge in [0.15, 0.2) is 5.13 Å². The lowest BCUT2D eigenvalue weighted by Crippen LogP contribution is -2.13. The fraction of sp³-hybridized carbons (Fsp3) is 0.0435. The number of benzene rings is 3. The van der Waals surface area contributed by atoms with Gasteiger partial charge in [-0.15, -0.1) is 21.5 Å². The molecule has 1 N–H and O–H groups in total. The van der Waals surface area contributed by atoms with Crippen LogP contribution in [0.3, 0.4) is 0 Å². The Labute approximate surface area is 200 Å². The lowest BCUT2D eigenvalue weighted by atomic mass is 10.1. The van der Waals surface area contributed by atoms with E-state index in [-0.39, 0.29) is 11.7 Å². The van der Waals surface area contributed by atoms with E-state index >= 15 is 0 Å². The number of aromatic nitrogens is 3. The number of nitrogens with one attached hydrogen (secondary N) is 1. The number of hydrogen-bond donors (Lipinski definition) is 1. The van der Waals surface area contributed by atoms with Crippen molar-refractivity contribution in [3.63, 3.8) is 0 Å². The second kappa shape index (κ2) is 9.23. The standard InChI is InChI=1S/C23H15BrN4O2S2/c24-18-9-7-15(8-10-18)19-12-31-22(25-19)26-20(29)13-32-23-28-27-21(30-23)17-6-5-14-3-1-2-4-16(14)11-17/h1-12H,13H2,(H,25,26,29). The van der Waals surface area contributed by atoms with Crippen LogP contribution in [0.2, 0.25) is 0 Å². The number of fused-ring (bicyclic) bond motifs is 1. The zero-order valence-corrected chi connectivity index (χ0v) is 19.7. The van der Waals surface area contributed by atoms with Gasteiger partial charge in [-0.2, -0.15) is 0 Å². The molecule has 6 nitrogen and oxygen atoms in total. The van der Waals surface area contributed by atoms with Crippen LogP contribution in [0, 0.1) is 0 Å². The normalized spacial score (nSPS) is 11.0. The van der Waals surface area contributed by atoms with Crippen molar-refractivity contribution in [2.24, 2.45) is 0 Å². The number of carbonyl (C=O) groups excluding carboxylic acids is 1. The lowest BCUT2D eigenvalue weighted by molar-refractivity contribution is -0.113. The summed E-state index contributed by atoms with van der Waals surface area (Å²) >= 11 is 6.00. The molecule has 9 heteroatoms. The summed E-state index contributed by atoms with van der Waals surface area (Å²) in [4.78, 5) is 16.8. The van der Waals surface area contributed by atoms with Gasteiger partial charge in [0, 0.05) is 21.0 Å². The maximum Gasteiger partial charge on any atom is 0.277 e. The molecule has 3 aromatic carbocycles. The predicted octanol–water partition coefficient (Wildman–Crippen LogP) is 6.51. The van der Waals surface area contributed by atoms with E-state index in [2.05, 4.69) is 42.5 Å². The Morgan fingerprint density at radius 2 is 1.78 bits per heavy atom. The van der Waals surface area contributed by atoms with Crippen LogP contribution < -0.4 is 5.32 Å². The monoisotopic (exact) mass is 522 g/mol. The minimum absolute atomic E-state index is 0.145. The van der Waals surface area contributed by atoms with Crippen LogP contribution in [-0.4, -0.2) is 26.8 Å². The first-order valence-corrected chi connectivity index (χ1v) is 12.3. The van der Waals surface area contributed by atoms with Crippen LogP contribution in [0.1, 0.15) is 0 Å². The van der Waals surface area contributed by atoms with Crippen LogP contribution in [0.5, 0.6) is 0 Å². The highest BCUT2D eigenvalue weighted by Crippen LogP contribution is 2.28. The highest BCUT2D eigenvalue weighted by Gasteiger charge is 2.13. The third kappa shape index (κ3) is 4.74. The number of thioether (sulfide) groups is 1. The number of hydrogen-bond acceptors (Lipinski definition) is 7. The molecule has 0 unspecified atom stereocenters. The summed E-state index contributed by atoms with van der Waals surface area (Å²) in [5.41, 5.74) is 2.66. The number of rotatable bonds is 6. The first kappa shape index (κ1) is 20.9. The summed E-state index contributed by atoms with van der Waals surface area (Å²) in [6.07, 6.45) is 0. The second-order valence-corrected chi connectivity index (χ2v) is 9.52. The van der Waals surface area contributed by atoms with Crippen LogP contribution >= 0.6 is 39.0 Å². The molecule has 0 saturated heterocycles. The third-order valence-electron chi connectivity index (χ3n) is 4.62. The molecule has 5 aromatic rings. The molecule has 0 spiro atoms. The van der Waals surface area contributed by atoms with E-state index in [0.717, 1.165) is 32.1 Å². The quantitative estimate of drug-likeness (QED) is 0.256. The maximum atomic E-state index is 12.3. The third-order valence-corrected chi connectivity index (χ3v) is 6.72. The molecule has 0 saturated carbocycles. The number of nitrogens with zero attached hydrogens (tertiary/aromatic N) is 3. The number of carbonyl (C=O) groups is 1. The second-order valence-electron chi connectivity index (χ2n) is 6.82.